The van der Waals surface area contributed by atoms with Crippen molar-refractivity contribution in [1.82, 2.24) is 4.90 Å². The average molecular weight is 344 g/mol. The van der Waals surface area contributed by atoms with Gasteiger partial charge < -0.3 is 14.4 Å². The number of hydrogen-bond acceptors (Lipinski definition) is 6. The Balaban J connectivity index is 2.13. The number of carbonyl (C=O) groups is 1. The lowest BCUT2D eigenvalue weighted by Crippen LogP contribution is -2.34. The fourth-order valence-electron chi connectivity index (χ4n) is 2.87. The maximum absolute atomic E-state index is 12.6. The Hall–Kier alpha value is -2.21. The predicted octanol–water partition coefficient (Wildman–Crippen LogP) is 3.85. The highest BCUT2D eigenvalue weighted by atomic mass is 32.2. The second kappa shape index (κ2) is 7.13. The second-order valence-corrected chi connectivity index (χ2v) is 6.17. The van der Waals surface area contributed by atoms with E-state index in [0.29, 0.717) is 24.5 Å². The zero-order valence-corrected chi connectivity index (χ0v) is 14.8. The Morgan fingerprint density at radius 1 is 1.29 bits per heavy atom. The lowest BCUT2D eigenvalue weighted by molar-refractivity contribution is -0.139. The van der Waals surface area contributed by atoms with Crippen molar-refractivity contribution in [2.75, 3.05) is 13.2 Å². The zero-order valence-electron chi connectivity index (χ0n) is 14.0. The van der Waals surface area contributed by atoms with Gasteiger partial charge in [0, 0.05) is 11.8 Å². The number of ether oxygens (including phenoxy) is 2. The summed E-state index contributed by atoms with van der Waals surface area (Å²) in [6.45, 7) is 6.50. The first-order valence-electron chi connectivity index (χ1n) is 7.97. The molecule has 0 unspecified atom stereocenters. The molecule has 0 aliphatic carbocycles. The predicted molar refractivity (Wildman–Crippen MR) is 95.7 cm³/mol. The van der Waals surface area contributed by atoms with Crippen LogP contribution in [0, 0.1) is 0 Å². The van der Waals surface area contributed by atoms with E-state index in [9.17, 15) is 4.79 Å². The number of esters is 1. The average Bonchev–Trinajstić information content (AvgIpc) is 3.02. The number of hydrogen-bond donors (Lipinski definition) is 0. The number of thioether (sulfide) groups is 1. The number of allylic oxidation sites excluding steroid dienone is 1. The van der Waals surface area contributed by atoms with E-state index < -0.39 is 0 Å². The van der Waals surface area contributed by atoms with E-state index in [1.807, 2.05) is 54.6 Å². The molecular formula is C18H20N2O3S. The van der Waals surface area contributed by atoms with Gasteiger partial charge >= 0.3 is 5.97 Å². The number of rotatable bonds is 5. The minimum atomic E-state index is -0.334. The molecule has 0 radical (unpaired) electrons. The van der Waals surface area contributed by atoms with Gasteiger partial charge in [0.05, 0.1) is 30.5 Å². The van der Waals surface area contributed by atoms with Gasteiger partial charge in [0.15, 0.2) is 5.17 Å². The van der Waals surface area contributed by atoms with E-state index in [-0.39, 0.29) is 12.0 Å². The zero-order chi connectivity index (χ0) is 17.1. The van der Waals surface area contributed by atoms with Gasteiger partial charge in [0.1, 0.15) is 5.75 Å². The van der Waals surface area contributed by atoms with Crippen LogP contribution in [0.2, 0.25) is 0 Å². The Bertz CT molecular complexity index is 740. The maximum atomic E-state index is 12.6. The van der Waals surface area contributed by atoms with Crippen molar-refractivity contribution in [3.8, 4) is 5.75 Å². The van der Waals surface area contributed by atoms with E-state index in [2.05, 4.69) is 4.99 Å². The lowest BCUT2D eigenvalue weighted by atomic mass is 9.94. The van der Waals surface area contributed by atoms with Crippen LogP contribution >= 0.6 is 11.8 Å². The Morgan fingerprint density at radius 3 is 2.83 bits per heavy atom. The van der Waals surface area contributed by atoms with Crippen LogP contribution in [-0.4, -0.2) is 29.3 Å². The quantitative estimate of drug-likeness (QED) is 0.759. The molecule has 1 aromatic rings. The molecule has 2 heterocycles. The van der Waals surface area contributed by atoms with Gasteiger partial charge in [-0.1, -0.05) is 30.0 Å². The highest BCUT2D eigenvalue weighted by Crippen LogP contribution is 2.43. The van der Waals surface area contributed by atoms with Gasteiger partial charge in [0.25, 0.3) is 0 Å². The molecule has 0 bridgehead atoms. The lowest BCUT2D eigenvalue weighted by Gasteiger charge is -2.34. The van der Waals surface area contributed by atoms with E-state index in [1.165, 1.54) is 0 Å². The molecule has 1 atom stereocenters. The van der Waals surface area contributed by atoms with Crippen molar-refractivity contribution < 1.29 is 14.3 Å². The molecule has 0 N–H and O–H groups in total. The van der Waals surface area contributed by atoms with Crippen molar-refractivity contribution in [3.05, 3.63) is 52.7 Å². The van der Waals surface area contributed by atoms with Crippen molar-refractivity contribution >= 4 is 22.9 Å². The molecule has 3 rings (SSSR count). The fraction of sp³-hybridized carbons (Fsp3) is 0.333. The van der Waals surface area contributed by atoms with Crippen LogP contribution in [-0.2, 0) is 9.53 Å². The Kier molecular flexibility index (Phi) is 4.94. The molecule has 2 aliphatic rings. The summed E-state index contributed by atoms with van der Waals surface area (Å²) in [5, 5.41) is 2.83. The second-order valence-electron chi connectivity index (χ2n) is 5.30. The number of amidine groups is 1. The van der Waals surface area contributed by atoms with Crippen LogP contribution in [0.25, 0.3) is 0 Å². The van der Waals surface area contributed by atoms with Gasteiger partial charge in [-0.2, -0.15) is 0 Å². The van der Waals surface area contributed by atoms with E-state index in [0.717, 1.165) is 16.5 Å². The summed E-state index contributed by atoms with van der Waals surface area (Å²) < 4.78 is 11.1. The topological polar surface area (TPSA) is 51.1 Å². The van der Waals surface area contributed by atoms with Crippen LogP contribution in [0.1, 0.15) is 32.4 Å². The SMILES string of the molecule is CCOC(=O)C1=C(C)N=C2SC=CN2[C@@H]1c1ccccc1OCC. The van der Waals surface area contributed by atoms with Crippen molar-refractivity contribution in [3.63, 3.8) is 0 Å². The van der Waals surface area contributed by atoms with E-state index in [1.54, 1.807) is 18.7 Å². The molecule has 6 heteroatoms. The van der Waals surface area contributed by atoms with Gasteiger partial charge in [-0.05, 0) is 32.2 Å². The highest BCUT2D eigenvalue weighted by molar-refractivity contribution is 8.16. The molecule has 0 saturated heterocycles. The molecule has 0 amide bonds. The van der Waals surface area contributed by atoms with Crippen molar-refractivity contribution in [2.24, 2.45) is 4.99 Å². The first kappa shape index (κ1) is 16.6. The van der Waals surface area contributed by atoms with E-state index >= 15 is 0 Å². The Morgan fingerprint density at radius 2 is 2.08 bits per heavy atom. The van der Waals surface area contributed by atoms with Crippen molar-refractivity contribution in [1.29, 1.82) is 0 Å². The van der Waals surface area contributed by atoms with Gasteiger partial charge in [-0.15, -0.1) is 0 Å². The molecule has 5 nitrogen and oxygen atoms in total. The summed E-state index contributed by atoms with van der Waals surface area (Å²) >= 11 is 1.54. The van der Waals surface area contributed by atoms with E-state index in [4.69, 9.17) is 9.47 Å². The summed E-state index contributed by atoms with van der Waals surface area (Å²) in [5.41, 5.74) is 2.17. The third-order valence-electron chi connectivity index (χ3n) is 3.83. The van der Waals surface area contributed by atoms with Crippen molar-refractivity contribution in [2.45, 2.75) is 26.8 Å². The van der Waals surface area contributed by atoms with Gasteiger partial charge in [0.2, 0.25) is 0 Å². The molecule has 1 aromatic carbocycles. The summed E-state index contributed by atoms with van der Waals surface area (Å²) in [6.07, 6.45) is 1.95. The minimum Gasteiger partial charge on any atom is -0.494 e. The molecule has 0 spiro atoms. The van der Waals surface area contributed by atoms with Crippen LogP contribution < -0.4 is 4.74 Å². The van der Waals surface area contributed by atoms with Gasteiger partial charge in [-0.25, -0.2) is 9.79 Å². The summed E-state index contributed by atoms with van der Waals surface area (Å²) in [5.74, 6) is 0.436. The summed E-state index contributed by atoms with van der Waals surface area (Å²) in [4.78, 5) is 19.2. The minimum absolute atomic E-state index is 0.300. The molecule has 2 aliphatic heterocycles. The highest BCUT2D eigenvalue weighted by Gasteiger charge is 2.38. The maximum Gasteiger partial charge on any atom is 0.338 e. The summed E-state index contributed by atoms with van der Waals surface area (Å²) in [6, 6.07) is 7.50. The smallest absolute Gasteiger partial charge is 0.338 e. The van der Waals surface area contributed by atoms with Crippen LogP contribution in [0.4, 0.5) is 0 Å². The molecule has 126 valence electrons. The molecule has 0 aromatic heterocycles. The standard InChI is InChI=1S/C18H20N2O3S/c1-4-22-14-9-7-6-8-13(14)16-15(17(21)23-5-2)12(3)19-18-20(16)10-11-24-18/h6-11,16H,4-5H2,1-3H3/t16-/m1/s1. The largest absolute Gasteiger partial charge is 0.494 e. The third kappa shape index (κ3) is 2.94. The van der Waals surface area contributed by atoms with Gasteiger partial charge in [-0.3, -0.25) is 0 Å². The molecule has 0 fully saturated rings. The third-order valence-corrected chi connectivity index (χ3v) is 4.60. The molecule has 0 saturated carbocycles. The summed E-state index contributed by atoms with van der Waals surface area (Å²) in [7, 11) is 0. The number of benzene rings is 1. The monoisotopic (exact) mass is 344 g/mol. The van der Waals surface area contributed by atoms with Crippen LogP contribution in [0.3, 0.4) is 0 Å². The van der Waals surface area contributed by atoms with Crippen LogP contribution in [0.5, 0.6) is 5.75 Å². The number of fused-ring (bicyclic) bond motifs is 1. The number of nitrogens with zero attached hydrogens (tertiary/aromatic N) is 2. The fourth-order valence-corrected chi connectivity index (χ4v) is 3.66. The first-order valence-corrected chi connectivity index (χ1v) is 8.85. The Labute approximate surface area is 146 Å². The first-order chi connectivity index (χ1) is 11.7. The normalized spacial score (nSPS) is 19.2. The molecule has 24 heavy (non-hydrogen) atoms. The van der Waals surface area contributed by atoms with Crippen LogP contribution in [0.15, 0.2) is 52.1 Å². The number of aliphatic imine (C=N–C) groups is 1. The number of para-hydroxylation sites is 1. The molecular weight excluding hydrogens is 324 g/mol. The number of carbonyl (C=O) groups excluding carboxylic acids is 1.